The zero-order chi connectivity index (χ0) is 29.0. The smallest absolute Gasteiger partial charge is 0.408 e. The molecule has 0 aliphatic carbocycles. The van der Waals surface area contributed by atoms with Gasteiger partial charge in [-0.1, -0.05) is 60.7 Å². The summed E-state index contributed by atoms with van der Waals surface area (Å²) in [5, 5.41) is 2.72. The highest BCUT2D eigenvalue weighted by Crippen LogP contribution is 2.27. The number of rotatable bonds is 12. The molecule has 10 nitrogen and oxygen atoms in total. The van der Waals surface area contributed by atoms with Crippen molar-refractivity contribution in [2.75, 3.05) is 19.6 Å². The highest BCUT2D eigenvalue weighted by Gasteiger charge is 2.44. The Hall–Kier alpha value is -3.92. The number of alkyl carbamates (subject to hydrolysis) is 1. The molecule has 0 saturated carbocycles. The van der Waals surface area contributed by atoms with Gasteiger partial charge >= 0.3 is 12.1 Å². The molecule has 0 radical (unpaired) electrons. The lowest BCUT2D eigenvalue weighted by Crippen LogP contribution is -2.55. The van der Waals surface area contributed by atoms with Crippen LogP contribution in [0.2, 0.25) is 0 Å². The molecule has 41 heavy (non-hydrogen) atoms. The second-order valence-corrected chi connectivity index (χ2v) is 10.5. The Bertz CT molecular complexity index is 1160. The molecule has 2 aliphatic rings. The molecule has 2 heterocycles. The fourth-order valence-electron chi connectivity index (χ4n) is 5.44. The van der Waals surface area contributed by atoms with E-state index in [4.69, 9.17) is 15.2 Å². The van der Waals surface area contributed by atoms with Crippen LogP contribution in [0.5, 0.6) is 0 Å². The number of carbonyl (C=O) groups excluding carboxylic acids is 4. The van der Waals surface area contributed by atoms with Gasteiger partial charge in [0.15, 0.2) is 0 Å². The first-order valence-electron chi connectivity index (χ1n) is 14.5. The van der Waals surface area contributed by atoms with Crippen LogP contribution >= 0.6 is 0 Å². The normalized spacial score (nSPS) is 19.0. The van der Waals surface area contributed by atoms with E-state index in [1.807, 2.05) is 60.7 Å². The van der Waals surface area contributed by atoms with Gasteiger partial charge in [-0.25, -0.2) is 9.59 Å². The number of likely N-dealkylation sites (tertiary alicyclic amines) is 2. The standard InChI is InChI=1S/C31H40N4O6/c32-18-8-7-15-25(33-31(39)41-22-24-13-5-2-6-14-24)28(36)34-19-9-16-26(34)29(37)35-20-10-17-27(35)30(38)40-21-23-11-3-1-4-12-23/h1-6,11-14,25-27H,7-10,15-22,32H2,(H,33,39)/t25-,26-,27-/m0/s1. The number of nitrogens with zero attached hydrogens (tertiary/aromatic N) is 2. The van der Waals surface area contributed by atoms with Gasteiger partial charge in [-0.3, -0.25) is 9.59 Å². The first kappa shape index (κ1) is 30.0. The molecule has 0 bridgehead atoms. The highest BCUT2D eigenvalue weighted by molar-refractivity contribution is 5.93. The Morgan fingerprint density at radius 2 is 1.39 bits per heavy atom. The molecule has 0 aromatic heterocycles. The molecule has 0 unspecified atom stereocenters. The van der Waals surface area contributed by atoms with Gasteiger partial charge in [0, 0.05) is 13.1 Å². The minimum Gasteiger partial charge on any atom is -0.459 e. The van der Waals surface area contributed by atoms with Crippen molar-refractivity contribution in [1.82, 2.24) is 15.1 Å². The van der Waals surface area contributed by atoms with Gasteiger partial charge in [0.25, 0.3) is 0 Å². The Morgan fingerprint density at radius 3 is 2.02 bits per heavy atom. The average Bonchev–Trinajstić information content (AvgIpc) is 3.70. The largest absolute Gasteiger partial charge is 0.459 e. The van der Waals surface area contributed by atoms with Crippen molar-refractivity contribution in [1.29, 1.82) is 0 Å². The summed E-state index contributed by atoms with van der Waals surface area (Å²) in [5.41, 5.74) is 7.36. The van der Waals surface area contributed by atoms with Gasteiger partial charge in [0.2, 0.25) is 11.8 Å². The fourth-order valence-corrected chi connectivity index (χ4v) is 5.44. The van der Waals surface area contributed by atoms with Crippen molar-refractivity contribution in [3.05, 3.63) is 71.8 Å². The van der Waals surface area contributed by atoms with Gasteiger partial charge < -0.3 is 30.3 Å². The predicted octanol–water partition coefficient (Wildman–Crippen LogP) is 3.14. The van der Waals surface area contributed by atoms with Crippen LogP contribution in [-0.2, 0) is 37.1 Å². The summed E-state index contributed by atoms with van der Waals surface area (Å²) in [6.07, 6.45) is 3.40. The lowest BCUT2D eigenvalue weighted by atomic mass is 10.1. The highest BCUT2D eigenvalue weighted by atomic mass is 16.5. The Morgan fingerprint density at radius 1 is 0.805 bits per heavy atom. The Kier molecular flexibility index (Phi) is 11.1. The molecule has 3 N–H and O–H groups in total. The van der Waals surface area contributed by atoms with Crippen LogP contribution in [0.4, 0.5) is 4.79 Å². The number of esters is 1. The third-order valence-corrected chi connectivity index (χ3v) is 7.60. The van der Waals surface area contributed by atoms with E-state index in [0.717, 1.165) is 11.1 Å². The number of amides is 3. The molecule has 2 fully saturated rings. The molecule has 2 aliphatic heterocycles. The quantitative estimate of drug-likeness (QED) is 0.299. The molecule has 220 valence electrons. The fraction of sp³-hybridized carbons (Fsp3) is 0.484. The van der Waals surface area contributed by atoms with Gasteiger partial charge in [-0.2, -0.15) is 0 Å². The zero-order valence-electron chi connectivity index (χ0n) is 23.4. The molecule has 10 heteroatoms. The average molecular weight is 565 g/mol. The number of carbonyl (C=O) groups is 4. The third kappa shape index (κ3) is 8.29. The number of nitrogens with two attached hydrogens (primary N) is 1. The van der Waals surface area contributed by atoms with Crippen molar-refractivity contribution < 1.29 is 28.7 Å². The third-order valence-electron chi connectivity index (χ3n) is 7.60. The van der Waals surface area contributed by atoms with E-state index in [1.165, 1.54) is 0 Å². The summed E-state index contributed by atoms with van der Waals surface area (Å²) in [5.74, 6) is -1.00. The molecule has 4 rings (SSSR count). The maximum atomic E-state index is 13.7. The lowest BCUT2D eigenvalue weighted by Gasteiger charge is -2.32. The molecular weight excluding hydrogens is 524 g/mol. The molecule has 2 aromatic rings. The zero-order valence-corrected chi connectivity index (χ0v) is 23.4. The van der Waals surface area contributed by atoms with Crippen molar-refractivity contribution in [2.24, 2.45) is 5.73 Å². The van der Waals surface area contributed by atoms with Crippen LogP contribution in [0.3, 0.4) is 0 Å². The van der Waals surface area contributed by atoms with Crippen molar-refractivity contribution >= 4 is 23.9 Å². The van der Waals surface area contributed by atoms with E-state index in [2.05, 4.69) is 5.32 Å². The molecule has 3 amide bonds. The van der Waals surface area contributed by atoms with Crippen molar-refractivity contribution in [3.8, 4) is 0 Å². The second kappa shape index (κ2) is 15.2. The van der Waals surface area contributed by atoms with Gasteiger partial charge in [-0.15, -0.1) is 0 Å². The van der Waals surface area contributed by atoms with Gasteiger partial charge in [0.05, 0.1) is 0 Å². The number of hydrogen-bond acceptors (Lipinski definition) is 7. The molecule has 3 atom stereocenters. The number of unbranched alkanes of at least 4 members (excludes halogenated alkanes) is 1. The Labute approximate surface area is 241 Å². The van der Waals surface area contributed by atoms with Crippen LogP contribution < -0.4 is 11.1 Å². The summed E-state index contributed by atoms with van der Waals surface area (Å²) in [4.78, 5) is 56.1. The minimum absolute atomic E-state index is 0.0813. The number of benzene rings is 2. The first-order chi connectivity index (χ1) is 20.0. The van der Waals surface area contributed by atoms with E-state index < -0.39 is 30.2 Å². The van der Waals surface area contributed by atoms with E-state index in [0.29, 0.717) is 64.6 Å². The van der Waals surface area contributed by atoms with Crippen LogP contribution in [0.1, 0.15) is 56.1 Å². The molecule has 2 saturated heterocycles. The summed E-state index contributed by atoms with van der Waals surface area (Å²) in [6, 6.07) is 16.5. The van der Waals surface area contributed by atoms with Gasteiger partial charge in [-0.05, 0) is 62.6 Å². The number of ether oxygens (including phenoxy) is 2. The minimum atomic E-state index is -0.844. The second-order valence-electron chi connectivity index (χ2n) is 10.5. The SMILES string of the molecule is NCCCC[C@H](NC(=O)OCc1ccccc1)C(=O)N1CCC[C@H]1C(=O)N1CCC[C@H]1C(=O)OCc1ccccc1. The Balaban J connectivity index is 1.38. The van der Waals surface area contributed by atoms with E-state index >= 15 is 0 Å². The summed E-state index contributed by atoms with van der Waals surface area (Å²) in [7, 11) is 0. The van der Waals surface area contributed by atoms with E-state index in [1.54, 1.807) is 9.80 Å². The summed E-state index contributed by atoms with van der Waals surface area (Å²) < 4.78 is 10.9. The maximum absolute atomic E-state index is 13.7. The number of hydrogen-bond donors (Lipinski definition) is 2. The van der Waals surface area contributed by atoms with Gasteiger partial charge in [0.1, 0.15) is 31.3 Å². The first-order valence-corrected chi connectivity index (χ1v) is 14.5. The summed E-state index contributed by atoms with van der Waals surface area (Å²) >= 11 is 0. The predicted molar refractivity (Wildman–Crippen MR) is 152 cm³/mol. The van der Waals surface area contributed by atoms with Crippen molar-refractivity contribution in [2.45, 2.75) is 76.3 Å². The maximum Gasteiger partial charge on any atom is 0.408 e. The van der Waals surface area contributed by atoms with Crippen LogP contribution in [0, 0.1) is 0 Å². The van der Waals surface area contributed by atoms with E-state index in [-0.39, 0.29) is 25.0 Å². The van der Waals surface area contributed by atoms with E-state index in [9.17, 15) is 19.2 Å². The molecular formula is C31H40N4O6. The molecule has 0 spiro atoms. The van der Waals surface area contributed by atoms with Crippen LogP contribution in [0.25, 0.3) is 0 Å². The van der Waals surface area contributed by atoms with Crippen molar-refractivity contribution in [3.63, 3.8) is 0 Å². The van der Waals surface area contributed by atoms with Crippen LogP contribution in [0.15, 0.2) is 60.7 Å². The molecule has 2 aromatic carbocycles. The number of nitrogens with one attached hydrogen (secondary N) is 1. The summed E-state index contributed by atoms with van der Waals surface area (Å²) in [6.45, 7) is 1.54. The lowest BCUT2D eigenvalue weighted by molar-refractivity contribution is -0.156. The van der Waals surface area contributed by atoms with Crippen LogP contribution in [-0.4, -0.2) is 71.4 Å². The topological polar surface area (TPSA) is 131 Å². The monoisotopic (exact) mass is 564 g/mol.